The minimum atomic E-state index is -0.318. The molecule has 0 spiro atoms. The van der Waals surface area contributed by atoms with Gasteiger partial charge in [0, 0.05) is 12.8 Å². The molecular formula is C17H19NO3. The van der Waals surface area contributed by atoms with Gasteiger partial charge < -0.3 is 15.2 Å². The van der Waals surface area contributed by atoms with E-state index in [1.807, 2.05) is 24.3 Å². The Morgan fingerprint density at radius 2 is 1.95 bits per heavy atom. The zero-order chi connectivity index (χ0) is 15.2. The third kappa shape index (κ3) is 3.61. The Hall–Kier alpha value is -2.33. The number of carbonyl (C=O) groups excluding carboxylic acids is 1. The highest BCUT2D eigenvalue weighted by atomic mass is 16.5. The van der Waals surface area contributed by atoms with E-state index >= 15 is 0 Å². The van der Waals surface area contributed by atoms with Crippen LogP contribution in [0.1, 0.15) is 21.5 Å². The van der Waals surface area contributed by atoms with Crippen LogP contribution in [0.15, 0.2) is 42.5 Å². The summed E-state index contributed by atoms with van der Waals surface area (Å²) in [6.07, 6.45) is 0.715. The summed E-state index contributed by atoms with van der Waals surface area (Å²) in [5, 5.41) is 12.8. The van der Waals surface area contributed by atoms with Crippen molar-refractivity contribution in [2.24, 2.45) is 0 Å². The van der Waals surface area contributed by atoms with Gasteiger partial charge in [0.2, 0.25) is 0 Å². The van der Waals surface area contributed by atoms with Crippen LogP contribution >= 0.6 is 0 Å². The Bertz CT molecular complexity index is 638. The van der Waals surface area contributed by atoms with Crippen molar-refractivity contribution in [2.75, 3.05) is 19.0 Å². The highest BCUT2D eigenvalue weighted by molar-refractivity contribution is 6.06. The van der Waals surface area contributed by atoms with Crippen molar-refractivity contribution < 1.29 is 14.6 Å². The Morgan fingerprint density at radius 3 is 2.71 bits per heavy atom. The topological polar surface area (TPSA) is 58.6 Å². The zero-order valence-corrected chi connectivity index (χ0v) is 12.2. The lowest BCUT2D eigenvalue weighted by Gasteiger charge is -2.12. The number of amides is 1. The van der Waals surface area contributed by atoms with Crippen LogP contribution in [0.4, 0.5) is 5.69 Å². The molecule has 0 radical (unpaired) electrons. The van der Waals surface area contributed by atoms with Crippen molar-refractivity contribution in [3.63, 3.8) is 0 Å². The maximum Gasteiger partial charge on any atom is 0.259 e. The molecule has 0 fully saturated rings. The first kappa shape index (κ1) is 15.1. The highest BCUT2D eigenvalue weighted by Crippen LogP contribution is 2.23. The fourth-order valence-corrected chi connectivity index (χ4v) is 2.10. The standard InChI is InChI=1S/C17H19NO3/c1-12-6-5-8-14(16(12)19)17(20)18-15-9-4-3-7-13(15)10-11-21-2/h3-9,19H,10-11H2,1-2H3,(H,18,20). The molecule has 0 bridgehead atoms. The minimum absolute atomic E-state index is 0.0179. The van der Waals surface area contributed by atoms with Gasteiger partial charge in [-0.2, -0.15) is 0 Å². The molecule has 0 unspecified atom stereocenters. The normalized spacial score (nSPS) is 10.4. The molecule has 0 atom stereocenters. The molecule has 0 aliphatic carbocycles. The van der Waals surface area contributed by atoms with Crippen molar-refractivity contribution in [3.05, 3.63) is 59.2 Å². The van der Waals surface area contributed by atoms with E-state index in [0.29, 0.717) is 18.6 Å². The maximum absolute atomic E-state index is 12.3. The van der Waals surface area contributed by atoms with Crippen LogP contribution < -0.4 is 5.32 Å². The smallest absolute Gasteiger partial charge is 0.259 e. The number of para-hydroxylation sites is 2. The predicted molar refractivity (Wildman–Crippen MR) is 82.8 cm³/mol. The quantitative estimate of drug-likeness (QED) is 0.887. The van der Waals surface area contributed by atoms with E-state index in [1.165, 1.54) is 0 Å². The first-order chi connectivity index (χ1) is 10.1. The summed E-state index contributed by atoms with van der Waals surface area (Å²) < 4.78 is 5.07. The van der Waals surface area contributed by atoms with Crippen molar-refractivity contribution >= 4 is 11.6 Å². The van der Waals surface area contributed by atoms with Gasteiger partial charge >= 0.3 is 0 Å². The Kier molecular flexibility index (Phi) is 4.95. The number of aryl methyl sites for hydroxylation is 1. The molecule has 0 aromatic heterocycles. The molecule has 0 heterocycles. The third-order valence-corrected chi connectivity index (χ3v) is 3.32. The van der Waals surface area contributed by atoms with Crippen molar-refractivity contribution in [2.45, 2.75) is 13.3 Å². The van der Waals surface area contributed by atoms with Crippen molar-refractivity contribution in [1.29, 1.82) is 0 Å². The van der Waals surface area contributed by atoms with Gasteiger partial charge in [-0.25, -0.2) is 0 Å². The first-order valence-corrected chi connectivity index (χ1v) is 6.80. The summed E-state index contributed by atoms with van der Waals surface area (Å²) in [4.78, 5) is 12.3. The van der Waals surface area contributed by atoms with Crippen LogP contribution in [-0.2, 0) is 11.2 Å². The lowest BCUT2D eigenvalue weighted by molar-refractivity contribution is 0.102. The van der Waals surface area contributed by atoms with Crippen LogP contribution in [-0.4, -0.2) is 24.7 Å². The molecule has 2 aromatic carbocycles. The first-order valence-electron chi connectivity index (χ1n) is 6.80. The fraction of sp³-hybridized carbons (Fsp3) is 0.235. The van der Waals surface area contributed by atoms with Gasteiger partial charge in [0.15, 0.2) is 0 Å². The number of phenols is 1. The number of methoxy groups -OCH3 is 1. The molecule has 4 nitrogen and oxygen atoms in total. The lowest BCUT2D eigenvalue weighted by atomic mass is 10.1. The number of hydrogen-bond acceptors (Lipinski definition) is 3. The third-order valence-electron chi connectivity index (χ3n) is 3.32. The molecule has 2 N–H and O–H groups in total. The zero-order valence-electron chi connectivity index (χ0n) is 12.2. The molecular weight excluding hydrogens is 266 g/mol. The second kappa shape index (κ2) is 6.90. The second-order valence-electron chi connectivity index (χ2n) is 4.83. The molecule has 0 aliphatic heterocycles. The Morgan fingerprint density at radius 1 is 1.19 bits per heavy atom. The monoisotopic (exact) mass is 285 g/mol. The van der Waals surface area contributed by atoms with E-state index in [4.69, 9.17) is 4.74 Å². The largest absolute Gasteiger partial charge is 0.507 e. The summed E-state index contributed by atoms with van der Waals surface area (Å²) in [6, 6.07) is 12.7. The number of hydrogen-bond donors (Lipinski definition) is 2. The molecule has 21 heavy (non-hydrogen) atoms. The van der Waals surface area contributed by atoms with Gasteiger partial charge in [-0.15, -0.1) is 0 Å². The van der Waals surface area contributed by atoms with Crippen molar-refractivity contribution in [3.8, 4) is 5.75 Å². The summed E-state index contributed by atoms with van der Waals surface area (Å²) >= 11 is 0. The summed E-state index contributed by atoms with van der Waals surface area (Å²) in [6.45, 7) is 2.35. The number of ether oxygens (including phenoxy) is 1. The predicted octanol–water partition coefficient (Wildman–Crippen LogP) is 3.14. The van der Waals surface area contributed by atoms with E-state index in [2.05, 4.69) is 5.32 Å². The summed E-state index contributed by atoms with van der Waals surface area (Å²) in [7, 11) is 1.64. The van der Waals surface area contributed by atoms with E-state index < -0.39 is 0 Å². The van der Waals surface area contributed by atoms with Crippen LogP contribution in [0.3, 0.4) is 0 Å². The second-order valence-corrected chi connectivity index (χ2v) is 4.83. The highest BCUT2D eigenvalue weighted by Gasteiger charge is 2.13. The fourth-order valence-electron chi connectivity index (χ4n) is 2.10. The number of carbonyl (C=O) groups is 1. The SMILES string of the molecule is COCCc1ccccc1NC(=O)c1cccc(C)c1O. The molecule has 0 saturated carbocycles. The molecule has 0 saturated heterocycles. The van der Waals surface area contributed by atoms with Crippen LogP contribution in [0.5, 0.6) is 5.75 Å². The molecule has 2 rings (SSSR count). The van der Waals surface area contributed by atoms with E-state index in [1.54, 1.807) is 32.2 Å². The van der Waals surface area contributed by atoms with E-state index in [0.717, 1.165) is 11.3 Å². The summed E-state index contributed by atoms with van der Waals surface area (Å²) in [5.41, 5.74) is 2.69. The van der Waals surface area contributed by atoms with Crippen LogP contribution in [0.2, 0.25) is 0 Å². The lowest BCUT2D eigenvalue weighted by Crippen LogP contribution is -2.14. The number of phenolic OH excluding ortho intramolecular Hbond substituents is 1. The number of aromatic hydroxyl groups is 1. The van der Waals surface area contributed by atoms with Gasteiger partial charge in [-0.1, -0.05) is 30.3 Å². The van der Waals surface area contributed by atoms with Gasteiger partial charge in [-0.3, -0.25) is 4.79 Å². The van der Waals surface area contributed by atoms with Gasteiger partial charge in [0.1, 0.15) is 5.75 Å². The number of rotatable bonds is 5. The molecule has 2 aromatic rings. The Balaban J connectivity index is 2.22. The Labute approximate surface area is 124 Å². The number of benzene rings is 2. The summed E-state index contributed by atoms with van der Waals surface area (Å²) in [5.74, 6) is -0.301. The average Bonchev–Trinajstić information content (AvgIpc) is 2.49. The number of anilines is 1. The van der Waals surface area contributed by atoms with Gasteiger partial charge in [0.25, 0.3) is 5.91 Å². The number of nitrogens with one attached hydrogen (secondary N) is 1. The van der Waals surface area contributed by atoms with Crippen LogP contribution in [0.25, 0.3) is 0 Å². The minimum Gasteiger partial charge on any atom is -0.507 e. The van der Waals surface area contributed by atoms with E-state index in [-0.39, 0.29) is 17.2 Å². The van der Waals surface area contributed by atoms with Crippen molar-refractivity contribution in [1.82, 2.24) is 0 Å². The van der Waals surface area contributed by atoms with Crippen LogP contribution in [0, 0.1) is 6.92 Å². The maximum atomic E-state index is 12.3. The molecule has 1 amide bonds. The molecule has 110 valence electrons. The van der Waals surface area contributed by atoms with Gasteiger partial charge in [0.05, 0.1) is 12.2 Å². The molecule has 4 heteroatoms. The average molecular weight is 285 g/mol. The molecule has 0 aliphatic rings. The van der Waals surface area contributed by atoms with Gasteiger partial charge in [-0.05, 0) is 36.6 Å². The van der Waals surface area contributed by atoms with E-state index in [9.17, 15) is 9.90 Å².